The summed E-state index contributed by atoms with van der Waals surface area (Å²) in [5.74, 6) is 0.376. The number of benzene rings is 4. The Balaban J connectivity index is 1.36. The number of unbranched alkanes of at least 4 members (excludes halogenated alkanes) is 1. The minimum atomic E-state index is -0.610. The lowest BCUT2D eigenvalue weighted by Crippen LogP contribution is -2.45. The molecule has 0 saturated heterocycles. The van der Waals surface area contributed by atoms with Crippen LogP contribution in [0.1, 0.15) is 48.4 Å². The van der Waals surface area contributed by atoms with E-state index in [0.717, 1.165) is 47.8 Å². The zero-order valence-corrected chi connectivity index (χ0v) is 21.3. The molecule has 4 N–H and O–H groups in total. The number of rotatable bonds is 12. The standard InChI is InChI=1S/C32H36B2N2/c1-26(34-32(36,29-21-10-4-11-22-29)30-23-12-5-13-24-30)16-14-15-25-33-31(35,27-17-6-2-7-18-27)28-19-8-3-9-20-28/h2-13,17-24,26H,14-16,25,35-36H2,1H3. The van der Waals surface area contributed by atoms with Gasteiger partial charge in [0, 0.05) is 10.9 Å². The van der Waals surface area contributed by atoms with Crippen LogP contribution in [-0.4, -0.2) is 14.6 Å². The van der Waals surface area contributed by atoms with Crippen molar-refractivity contribution in [2.45, 2.75) is 49.2 Å². The van der Waals surface area contributed by atoms with Gasteiger partial charge in [0.2, 0.25) is 0 Å². The lowest BCUT2D eigenvalue weighted by molar-refractivity contribution is 0.659. The Bertz CT molecular complexity index is 1090. The zero-order chi connectivity index (χ0) is 25.3. The van der Waals surface area contributed by atoms with Crippen LogP contribution in [0.3, 0.4) is 0 Å². The quantitative estimate of drug-likeness (QED) is 0.183. The van der Waals surface area contributed by atoms with Crippen LogP contribution in [0.4, 0.5) is 0 Å². The Morgan fingerprint density at radius 2 is 0.917 bits per heavy atom. The molecule has 180 valence electrons. The summed E-state index contributed by atoms with van der Waals surface area (Å²) in [4.78, 5) is 0. The van der Waals surface area contributed by atoms with E-state index in [1.54, 1.807) is 0 Å². The maximum atomic E-state index is 7.08. The molecule has 0 fully saturated rings. The monoisotopic (exact) mass is 470 g/mol. The Kier molecular flexibility index (Phi) is 8.85. The fourth-order valence-electron chi connectivity index (χ4n) is 5.09. The lowest BCUT2D eigenvalue weighted by atomic mass is 9.46. The van der Waals surface area contributed by atoms with Crippen molar-refractivity contribution < 1.29 is 0 Å². The molecule has 0 spiro atoms. The molecule has 0 aliphatic heterocycles. The van der Waals surface area contributed by atoms with E-state index in [0.29, 0.717) is 5.82 Å². The average Bonchev–Trinajstić information content (AvgIpc) is 2.94. The molecule has 0 saturated carbocycles. The fourth-order valence-corrected chi connectivity index (χ4v) is 5.09. The predicted octanol–water partition coefficient (Wildman–Crippen LogP) is 6.51. The van der Waals surface area contributed by atoms with Gasteiger partial charge in [-0.2, -0.15) is 0 Å². The van der Waals surface area contributed by atoms with E-state index in [2.05, 4.69) is 119 Å². The summed E-state index contributed by atoms with van der Waals surface area (Å²) in [6.07, 6.45) is 4.25. The van der Waals surface area contributed by atoms with Gasteiger partial charge in [-0.05, 0) is 22.3 Å². The third kappa shape index (κ3) is 6.19. The van der Waals surface area contributed by atoms with Gasteiger partial charge < -0.3 is 11.5 Å². The SMILES string of the molecule is CC([B]C(N)(c1ccccc1)c1ccccc1)CCCC[B]C(N)(c1ccccc1)c1ccccc1. The van der Waals surface area contributed by atoms with Gasteiger partial charge in [0.05, 0.1) is 0 Å². The Morgan fingerprint density at radius 1 is 0.556 bits per heavy atom. The first kappa shape index (κ1) is 26.0. The van der Waals surface area contributed by atoms with E-state index in [1.807, 2.05) is 24.3 Å². The molecule has 0 aromatic heterocycles. The van der Waals surface area contributed by atoms with Gasteiger partial charge in [-0.25, -0.2) is 0 Å². The van der Waals surface area contributed by atoms with Gasteiger partial charge in [0.1, 0.15) is 7.28 Å². The van der Waals surface area contributed by atoms with Crippen molar-refractivity contribution in [1.82, 2.24) is 0 Å². The van der Waals surface area contributed by atoms with E-state index in [-0.39, 0.29) is 0 Å². The van der Waals surface area contributed by atoms with E-state index >= 15 is 0 Å². The summed E-state index contributed by atoms with van der Waals surface area (Å²) in [5.41, 5.74) is 17.4. The smallest absolute Gasteiger partial charge is 0.152 e. The summed E-state index contributed by atoms with van der Waals surface area (Å²) in [6, 6.07) is 41.6. The number of hydrogen-bond donors (Lipinski definition) is 2. The van der Waals surface area contributed by atoms with Crippen LogP contribution in [0.25, 0.3) is 0 Å². The Morgan fingerprint density at radius 3 is 1.31 bits per heavy atom. The van der Waals surface area contributed by atoms with E-state index < -0.39 is 10.9 Å². The van der Waals surface area contributed by atoms with E-state index in [4.69, 9.17) is 11.5 Å². The topological polar surface area (TPSA) is 52.0 Å². The van der Waals surface area contributed by atoms with E-state index in [9.17, 15) is 0 Å². The third-order valence-corrected chi connectivity index (χ3v) is 7.13. The minimum Gasteiger partial charge on any atom is -0.325 e. The van der Waals surface area contributed by atoms with Gasteiger partial charge in [-0.15, -0.1) is 0 Å². The highest BCUT2D eigenvalue weighted by molar-refractivity contribution is 6.43. The molecule has 4 heteroatoms. The molecule has 4 rings (SSSR count). The van der Waals surface area contributed by atoms with Crippen LogP contribution in [0.5, 0.6) is 0 Å². The van der Waals surface area contributed by atoms with Gasteiger partial charge in [-0.1, -0.05) is 160 Å². The van der Waals surface area contributed by atoms with Gasteiger partial charge >= 0.3 is 0 Å². The number of nitrogens with two attached hydrogens (primary N) is 2. The molecule has 1 unspecified atom stereocenters. The highest BCUT2D eigenvalue weighted by Gasteiger charge is 2.32. The van der Waals surface area contributed by atoms with Crippen LogP contribution in [-0.2, 0) is 10.9 Å². The highest BCUT2D eigenvalue weighted by atomic mass is 14.7. The number of hydrogen-bond acceptors (Lipinski definition) is 2. The molecule has 0 bridgehead atoms. The summed E-state index contributed by atoms with van der Waals surface area (Å²) in [6.45, 7) is 2.28. The second-order valence-electron chi connectivity index (χ2n) is 9.83. The van der Waals surface area contributed by atoms with Crippen molar-refractivity contribution in [1.29, 1.82) is 0 Å². The van der Waals surface area contributed by atoms with Crippen LogP contribution < -0.4 is 11.5 Å². The molecule has 0 aliphatic carbocycles. The van der Waals surface area contributed by atoms with Crippen molar-refractivity contribution in [2.24, 2.45) is 11.5 Å². The first-order valence-electron chi connectivity index (χ1n) is 13.0. The summed E-state index contributed by atoms with van der Waals surface area (Å²) in [5, 5.41) is 0. The molecule has 0 aliphatic rings. The van der Waals surface area contributed by atoms with E-state index in [1.165, 1.54) is 0 Å². The second kappa shape index (κ2) is 12.3. The summed E-state index contributed by atoms with van der Waals surface area (Å²) >= 11 is 0. The molecule has 4 aromatic carbocycles. The molecular formula is C32H36B2N2. The van der Waals surface area contributed by atoms with Crippen LogP contribution in [0.2, 0.25) is 12.1 Å². The van der Waals surface area contributed by atoms with Crippen molar-refractivity contribution in [2.75, 3.05) is 0 Å². The molecule has 2 radical (unpaired) electrons. The van der Waals surface area contributed by atoms with Crippen LogP contribution in [0, 0.1) is 0 Å². The first-order valence-corrected chi connectivity index (χ1v) is 13.0. The van der Waals surface area contributed by atoms with Crippen molar-refractivity contribution in [3.8, 4) is 0 Å². The van der Waals surface area contributed by atoms with Crippen molar-refractivity contribution >= 4 is 14.6 Å². The average molecular weight is 470 g/mol. The molecule has 1 atom stereocenters. The molecule has 4 aromatic rings. The Labute approximate surface area is 218 Å². The van der Waals surface area contributed by atoms with Crippen molar-refractivity contribution in [3.05, 3.63) is 144 Å². The molecular weight excluding hydrogens is 434 g/mol. The fraction of sp³-hybridized carbons (Fsp3) is 0.250. The predicted molar refractivity (Wildman–Crippen MR) is 155 cm³/mol. The van der Waals surface area contributed by atoms with Gasteiger partial charge in [0.25, 0.3) is 0 Å². The molecule has 2 nitrogen and oxygen atoms in total. The maximum absolute atomic E-state index is 7.08. The molecule has 0 amide bonds. The second-order valence-corrected chi connectivity index (χ2v) is 9.83. The Hall–Kier alpha value is -3.07. The first-order chi connectivity index (χ1) is 17.5. The normalized spacial score (nSPS) is 12.6. The van der Waals surface area contributed by atoms with Gasteiger partial charge in [0.15, 0.2) is 7.28 Å². The van der Waals surface area contributed by atoms with Crippen LogP contribution in [0.15, 0.2) is 121 Å². The van der Waals surface area contributed by atoms with Crippen LogP contribution >= 0.6 is 0 Å². The van der Waals surface area contributed by atoms with Crippen molar-refractivity contribution in [3.63, 3.8) is 0 Å². The summed E-state index contributed by atoms with van der Waals surface area (Å²) < 4.78 is 0. The maximum Gasteiger partial charge on any atom is 0.152 e. The third-order valence-electron chi connectivity index (χ3n) is 7.13. The highest BCUT2D eigenvalue weighted by Crippen LogP contribution is 2.32. The largest absolute Gasteiger partial charge is 0.325 e. The lowest BCUT2D eigenvalue weighted by Gasteiger charge is -2.33. The summed E-state index contributed by atoms with van der Waals surface area (Å²) in [7, 11) is 4.61. The van der Waals surface area contributed by atoms with Gasteiger partial charge in [-0.3, -0.25) is 0 Å². The molecule has 36 heavy (non-hydrogen) atoms. The molecule has 0 heterocycles. The minimum absolute atomic E-state index is 0.376. The zero-order valence-electron chi connectivity index (χ0n) is 21.3.